The summed E-state index contributed by atoms with van der Waals surface area (Å²) in [6, 6.07) is 11.7. The van der Waals surface area contributed by atoms with Gasteiger partial charge in [0.1, 0.15) is 5.78 Å². The van der Waals surface area contributed by atoms with Gasteiger partial charge in [-0.15, -0.1) is 0 Å². The molecule has 0 fully saturated rings. The van der Waals surface area contributed by atoms with Gasteiger partial charge >= 0.3 is 0 Å². The molecule has 0 aliphatic rings. The number of nitrogens with zero attached hydrogens (tertiary/aromatic N) is 1. The van der Waals surface area contributed by atoms with Crippen LogP contribution in [-0.4, -0.2) is 5.78 Å². The molecule has 2 heteroatoms. The van der Waals surface area contributed by atoms with Crippen LogP contribution >= 0.6 is 0 Å². The average molecular weight is 187 g/mol. The van der Waals surface area contributed by atoms with E-state index in [1.54, 1.807) is 0 Å². The van der Waals surface area contributed by atoms with Gasteiger partial charge in [0.05, 0.1) is 12.5 Å². The van der Waals surface area contributed by atoms with Crippen molar-refractivity contribution >= 4 is 5.78 Å². The molecule has 14 heavy (non-hydrogen) atoms. The van der Waals surface area contributed by atoms with Crippen molar-refractivity contribution in [3.8, 4) is 6.07 Å². The molecule has 0 spiro atoms. The Morgan fingerprint density at radius 1 is 1.43 bits per heavy atom. The van der Waals surface area contributed by atoms with Crippen molar-refractivity contribution in [2.24, 2.45) is 5.92 Å². The second kappa shape index (κ2) is 5.18. The summed E-state index contributed by atoms with van der Waals surface area (Å²) in [4.78, 5) is 11.3. The van der Waals surface area contributed by atoms with E-state index in [0.29, 0.717) is 0 Å². The molecule has 0 aliphatic carbocycles. The maximum atomic E-state index is 11.3. The van der Waals surface area contributed by atoms with Crippen molar-refractivity contribution < 1.29 is 4.79 Å². The normalized spacial score (nSPS) is 11.7. The van der Waals surface area contributed by atoms with Crippen LogP contribution in [-0.2, 0) is 11.2 Å². The second-order valence-electron chi connectivity index (χ2n) is 3.39. The third-order valence-corrected chi connectivity index (χ3v) is 2.19. The Labute approximate surface area is 84.2 Å². The van der Waals surface area contributed by atoms with Crippen molar-refractivity contribution in [3.63, 3.8) is 0 Å². The molecule has 1 aromatic carbocycles. The van der Waals surface area contributed by atoms with Crippen molar-refractivity contribution in [1.82, 2.24) is 0 Å². The van der Waals surface area contributed by atoms with E-state index >= 15 is 0 Å². The molecule has 0 N–H and O–H groups in total. The zero-order valence-electron chi connectivity index (χ0n) is 8.23. The molecule has 0 aromatic heterocycles. The first-order valence-electron chi connectivity index (χ1n) is 4.67. The lowest BCUT2D eigenvalue weighted by Crippen LogP contribution is -2.12. The van der Waals surface area contributed by atoms with Crippen LogP contribution in [0.15, 0.2) is 30.3 Å². The smallest absolute Gasteiger partial charge is 0.150 e. The van der Waals surface area contributed by atoms with Crippen molar-refractivity contribution in [2.75, 3.05) is 0 Å². The first-order valence-corrected chi connectivity index (χ1v) is 4.67. The summed E-state index contributed by atoms with van der Waals surface area (Å²) in [5.74, 6) is -0.0339. The second-order valence-corrected chi connectivity index (χ2v) is 3.39. The Kier molecular flexibility index (Phi) is 3.87. The quantitative estimate of drug-likeness (QED) is 0.726. The number of carbonyl (C=O) groups excluding carboxylic acids is 1. The monoisotopic (exact) mass is 187 g/mol. The molecule has 0 saturated carbocycles. The van der Waals surface area contributed by atoms with Crippen LogP contribution in [0.4, 0.5) is 0 Å². The predicted octanol–water partition coefficient (Wildman–Crippen LogP) is 2.35. The molecule has 1 unspecified atom stereocenters. The number of carbonyl (C=O) groups is 1. The van der Waals surface area contributed by atoms with E-state index in [0.717, 1.165) is 12.0 Å². The largest absolute Gasteiger partial charge is 0.298 e. The summed E-state index contributed by atoms with van der Waals surface area (Å²) >= 11 is 0. The van der Waals surface area contributed by atoms with E-state index in [-0.39, 0.29) is 18.1 Å². The van der Waals surface area contributed by atoms with Crippen molar-refractivity contribution in [1.29, 1.82) is 5.26 Å². The van der Waals surface area contributed by atoms with Crippen molar-refractivity contribution in [2.45, 2.75) is 19.8 Å². The maximum absolute atomic E-state index is 11.3. The zero-order chi connectivity index (χ0) is 10.4. The summed E-state index contributed by atoms with van der Waals surface area (Å²) in [6.07, 6.45) is 0.745. The van der Waals surface area contributed by atoms with Gasteiger partial charge in [-0.3, -0.25) is 4.79 Å². The number of ketones is 1. The highest BCUT2D eigenvalue weighted by Crippen LogP contribution is 2.10. The fraction of sp³-hybridized carbons (Fsp3) is 0.333. The third kappa shape index (κ3) is 3.02. The van der Waals surface area contributed by atoms with Crippen LogP contribution in [0.2, 0.25) is 0 Å². The molecule has 0 bridgehead atoms. The number of rotatable bonds is 4. The van der Waals surface area contributed by atoms with E-state index in [1.807, 2.05) is 43.3 Å². The predicted molar refractivity (Wildman–Crippen MR) is 54.5 cm³/mol. The molecule has 0 aliphatic heterocycles. The highest BCUT2D eigenvalue weighted by Gasteiger charge is 2.12. The Hall–Kier alpha value is -1.62. The molecule has 0 amide bonds. The van der Waals surface area contributed by atoms with Gasteiger partial charge in [-0.05, 0) is 12.0 Å². The Balaban J connectivity index is 2.54. The van der Waals surface area contributed by atoms with Gasteiger partial charge in [0.25, 0.3) is 0 Å². The van der Waals surface area contributed by atoms with Crippen LogP contribution in [0.1, 0.15) is 18.9 Å². The van der Waals surface area contributed by atoms with Crippen LogP contribution in [0.25, 0.3) is 0 Å². The number of Topliss-reactive ketones (excluding diaryl/α,β-unsaturated/α-hetero) is 1. The minimum atomic E-state index is -0.0583. The fourth-order valence-corrected chi connectivity index (χ4v) is 1.33. The number of hydrogen-bond acceptors (Lipinski definition) is 2. The summed E-state index contributed by atoms with van der Waals surface area (Å²) in [5, 5.41) is 8.38. The standard InChI is InChI=1S/C12H13NO/c1-10(12(14)7-8-13)9-11-5-3-2-4-6-11/h2-6,10H,7,9H2,1H3. The Morgan fingerprint density at radius 2 is 2.07 bits per heavy atom. The van der Waals surface area contributed by atoms with Crippen LogP contribution in [0, 0.1) is 17.2 Å². The van der Waals surface area contributed by atoms with Gasteiger partial charge in [0, 0.05) is 5.92 Å². The zero-order valence-corrected chi connectivity index (χ0v) is 8.23. The van der Waals surface area contributed by atoms with E-state index in [2.05, 4.69) is 0 Å². The third-order valence-electron chi connectivity index (χ3n) is 2.19. The summed E-state index contributed by atoms with van der Waals surface area (Å²) in [7, 11) is 0. The van der Waals surface area contributed by atoms with Gasteiger partial charge < -0.3 is 0 Å². The lowest BCUT2D eigenvalue weighted by atomic mass is 9.96. The van der Waals surface area contributed by atoms with E-state index in [1.165, 1.54) is 0 Å². The fourth-order valence-electron chi connectivity index (χ4n) is 1.33. The molecule has 1 rings (SSSR count). The lowest BCUT2D eigenvalue weighted by Gasteiger charge is -2.07. The molecule has 0 saturated heterocycles. The van der Waals surface area contributed by atoms with Crippen molar-refractivity contribution in [3.05, 3.63) is 35.9 Å². The molecule has 0 radical (unpaired) electrons. The number of hydrogen-bond donors (Lipinski definition) is 0. The maximum Gasteiger partial charge on any atom is 0.150 e. The van der Waals surface area contributed by atoms with Gasteiger partial charge in [-0.25, -0.2) is 0 Å². The van der Waals surface area contributed by atoms with Gasteiger partial charge in [0.15, 0.2) is 0 Å². The highest BCUT2D eigenvalue weighted by molar-refractivity contribution is 5.82. The molecule has 1 atom stereocenters. The van der Waals surface area contributed by atoms with E-state index in [9.17, 15) is 4.79 Å². The number of benzene rings is 1. The topological polar surface area (TPSA) is 40.9 Å². The Bertz CT molecular complexity index is 337. The Morgan fingerprint density at radius 3 is 2.64 bits per heavy atom. The minimum absolute atomic E-state index is 0.0218. The van der Waals surface area contributed by atoms with Gasteiger partial charge in [-0.1, -0.05) is 37.3 Å². The number of nitriles is 1. The average Bonchev–Trinajstić information content (AvgIpc) is 2.19. The summed E-state index contributed by atoms with van der Waals surface area (Å²) in [5.41, 5.74) is 1.14. The molecular formula is C12H13NO. The molecular weight excluding hydrogens is 174 g/mol. The summed E-state index contributed by atoms with van der Waals surface area (Å²) in [6.45, 7) is 1.87. The molecule has 2 nitrogen and oxygen atoms in total. The highest BCUT2D eigenvalue weighted by atomic mass is 16.1. The molecule has 0 heterocycles. The van der Waals surface area contributed by atoms with Gasteiger partial charge in [-0.2, -0.15) is 5.26 Å². The van der Waals surface area contributed by atoms with E-state index in [4.69, 9.17) is 5.26 Å². The van der Waals surface area contributed by atoms with Gasteiger partial charge in [0.2, 0.25) is 0 Å². The SMILES string of the molecule is CC(Cc1ccccc1)C(=O)CC#N. The first kappa shape index (κ1) is 10.5. The molecule has 1 aromatic rings. The first-order chi connectivity index (χ1) is 6.74. The lowest BCUT2D eigenvalue weighted by molar-refractivity contribution is -0.121. The van der Waals surface area contributed by atoms with Crippen LogP contribution < -0.4 is 0 Å². The summed E-state index contributed by atoms with van der Waals surface area (Å²) < 4.78 is 0. The van der Waals surface area contributed by atoms with Crippen LogP contribution in [0.3, 0.4) is 0 Å². The molecule has 72 valence electrons. The minimum Gasteiger partial charge on any atom is -0.298 e. The van der Waals surface area contributed by atoms with E-state index < -0.39 is 0 Å². The van der Waals surface area contributed by atoms with Crippen LogP contribution in [0.5, 0.6) is 0 Å².